The summed E-state index contributed by atoms with van der Waals surface area (Å²) in [6.45, 7) is 0.354. The van der Waals surface area contributed by atoms with E-state index in [-0.39, 0.29) is 27.5 Å². The average Bonchev–Trinajstić information content (AvgIpc) is 3.27. The van der Waals surface area contributed by atoms with Crippen LogP contribution in [-0.4, -0.2) is 38.1 Å². The van der Waals surface area contributed by atoms with Crippen LogP contribution in [0.15, 0.2) is 65.4 Å². The van der Waals surface area contributed by atoms with Gasteiger partial charge >= 0.3 is 11.8 Å². The average molecular weight is 455 g/mol. The van der Waals surface area contributed by atoms with E-state index in [1.807, 2.05) is 36.4 Å². The number of nitrogens with zero attached hydrogens (tertiary/aromatic N) is 4. The molecule has 156 valence electrons. The summed E-state index contributed by atoms with van der Waals surface area (Å²) in [6, 6.07) is 14.6. The van der Waals surface area contributed by atoms with Crippen LogP contribution in [0.4, 0.5) is 0 Å². The number of phenolic OH excluding ortho intramolecular Hbond substituents is 1. The minimum absolute atomic E-state index is 0.0476. The van der Waals surface area contributed by atoms with Gasteiger partial charge in [-0.1, -0.05) is 46.6 Å². The summed E-state index contributed by atoms with van der Waals surface area (Å²) in [4.78, 5) is 22.4. The molecule has 0 aliphatic heterocycles. The second-order valence-electron chi connectivity index (χ2n) is 6.81. The van der Waals surface area contributed by atoms with Gasteiger partial charge in [0.2, 0.25) is 5.82 Å². The van der Waals surface area contributed by atoms with Gasteiger partial charge in [0.15, 0.2) is 5.75 Å². The number of phenols is 1. The molecule has 0 saturated carbocycles. The largest absolute Gasteiger partial charge is 0.505 e. The minimum atomic E-state index is -0.427. The van der Waals surface area contributed by atoms with Gasteiger partial charge in [-0.15, -0.1) is 0 Å². The molecule has 4 rings (SSSR count). The molecule has 2 aromatic carbocycles. The maximum Gasteiger partial charge on any atom is 0.316 e. The standard InChI is InChI=1S/C22H16Cl2N4O3/c1-28(12-13-3-2-4-15(9-13)14-5-7-25-8-6-14)22(30)21-26-20(27-31-21)16-10-17(23)19(29)18(24)11-16/h2-11,29H,12H2,1H3. The number of aromatic nitrogens is 3. The highest BCUT2D eigenvalue weighted by Crippen LogP contribution is 2.35. The van der Waals surface area contributed by atoms with Crippen molar-refractivity contribution in [2.75, 3.05) is 7.05 Å². The highest BCUT2D eigenvalue weighted by molar-refractivity contribution is 6.37. The molecule has 0 unspecified atom stereocenters. The monoisotopic (exact) mass is 454 g/mol. The molecule has 0 saturated heterocycles. The van der Waals surface area contributed by atoms with Crippen molar-refractivity contribution in [1.29, 1.82) is 0 Å². The van der Waals surface area contributed by atoms with Crippen LogP contribution in [-0.2, 0) is 6.54 Å². The molecule has 0 spiro atoms. The molecular weight excluding hydrogens is 439 g/mol. The van der Waals surface area contributed by atoms with Crippen molar-refractivity contribution in [2.45, 2.75) is 6.54 Å². The Bertz CT molecular complexity index is 1220. The number of carbonyl (C=O) groups is 1. The summed E-state index contributed by atoms with van der Waals surface area (Å²) >= 11 is 11.9. The number of halogens is 2. The number of pyridine rings is 1. The van der Waals surface area contributed by atoms with Crippen molar-refractivity contribution in [3.8, 4) is 28.3 Å². The number of hydrogen-bond donors (Lipinski definition) is 1. The van der Waals surface area contributed by atoms with E-state index in [4.69, 9.17) is 27.7 Å². The molecule has 0 aliphatic rings. The van der Waals surface area contributed by atoms with Gasteiger partial charge in [-0.05, 0) is 47.0 Å². The first kappa shape index (κ1) is 20.8. The second-order valence-corrected chi connectivity index (χ2v) is 7.62. The van der Waals surface area contributed by atoms with Crippen LogP contribution in [0.25, 0.3) is 22.5 Å². The highest BCUT2D eigenvalue weighted by Gasteiger charge is 2.21. The van der Waals surface area contributed by atoms with E-state index in [9.17, 15) is 9.90 Å². The first-order valence-corrected chi connectivity index (χ1v) is 9.95. The summed E-state index contributed by atoms with van der Waals surface area (Å²) in [5, 5.41) is 13.6. The van der Waals surface area contributed by atoms with Crippen LogP contribution in [0.5, 0.6) is 5.75 Å². The SMILES string of the molecule is CN(Cc1cccc(-c2ccncc2)c1)C(=O)c1nc(-c2cc(Cl)c(O)c(Cl)c2)no1. The van der Waals surface area contributed by atoms with Crippen molar-refractivity contribution < 1.29 is 14.4 Å². The molecule has 9 heteroatoms. The Hall–Kier alpha value is -3.42. The molecule has 0 bridgehead atoms. The number of amides is 1. The summed E-state index contributed by atoms with van der Waals surface area (Å²) < 4.78 is 5.13. The van der Waals surface area contributed by atoms with Crippen molar-refractivity contribution in [3.63, 3.8) is 0 Å². The maximum atomic E-state index is 12.8. The number of carbonyl (C=O) groups excluding carboxylic acids is 1. The lowest BCUT2D eigenvalue weighted by atomic mass is 10.0. The van der Waals surface area contributed by atoms with Crippen molar-refractivity contribution >= 4 is 29.1 Å². The summed E-state index contributed by atoms with van der Waals surface area (Å²) in [5.74, 6) is -0.687. The maximum absolute atomic E-state index is 12.8. The Kier molecular flexibility index (Phi) is 5.88. The number of rotatable bonds is 5. The molecule has 31 heavy (non-hydrogen) atoms. The van der Waals surface area contributed by atoms with Gasteiger partial charge in [0.1, 0.15) is 0 Å². The molecule has 0 atom stereocenters. The Morgan fingerprint density at radius 2 is 1.74 bits per heavy atom. The molecule has 2 aromatic heterocycles. The highest BCUT2D eigenvalue weighted by atomic mass is 35.5. The lowest BCUT2D eigenvalue weighted by Gasteiger charge is -2.15. The molecule has 1 N–H and O–H groups in total. The second kappa shape index (κ2) is 8.75. The first-order chi connectivity index (χ1) is 14.9. The van der Waals surface area contributed by atoms with Gasteiger partial charge in [-0.2, -0.15) is 4.98 Å². The Morgan fingerprint density at radius 1 is 1.03 bits per heavy atom. The van der Waals surface area contributed by atoms with Crippen LogP contribution in [0.1, 0.15) is 16.2 Å². The molecule has 4 aromatic rings. The van der Waals surface area contributed by atoms with Crippen molar-refractivity contribution in [3.05, 3.63) is 82.4 Å². The summed E-state index contributed by atoms with van der Waals surface area (Å²) in [7, 11) is 1.65. The fraction of sp³-hybridized carbons (Fsp3) is 0.0909. The van der Waals surface area contributed by atoms with E-state index >= 15 is 0 Å². The first-order valence-electron chi connectivity index (χ1n) is 9.19. The predicted molar refractivity (Wildman–Crippen MR) is 117 cm³/mol. The molecular formula is C22H16Cl2N4O3. The zero-order valence-corrected chi connectivity index (χ0v) is 17.8. The predicted octanol–water partition coefficient (Wildman–Crippen LogP) is 5.08. The van der Waals surface area contributed by atoms with Gasteiger partial charge in [-0.25, -0.2) is 0 Å². The Labute approximate surface area is 187 Å². The zero-order chi connectivity index (χ0) is 22.0. The van der Waals surface area contributed by atoms with E-state index in [0.717, 1.165) is 16.7 Å². The quantitative estimate of drug-likeness (QED) is 0.451. The topological polar surface area (TPSA) is 92.4 Å². The van der Waals surface area contributed by atoms with Crippen LogP contribution < -0.4 is 0 Å². The molecule has 7 nitrogen and oxygen atoms in total. The van der Waals surface area contributed by atoms with E-state index < -0.39 is 5.91 Å². The third kappa shape index (κ3) is 4.52. The number of aromatic hydroxyl groups is 1. The smallest absolute Gasteiger partial charge is 0.316 e. The fourth-order valence-corrected chi connectivity index (χ4v) is 3.51. The third-order valence-corrected chi connectivity index (χ3v) is 5.17. The van der Waals surface area contributed by atoms with Crippen LogP contribution in [0.3, 0.4) is 0 Å². The third-order valence-electron chi connectivity index (χ3n) is 4.59. The molecule has 0 radical (unpaired) electrons. The lowest BCUT2D eigenvalue weighted by molar-refractivity contribution is 0.0735. The normalized spacial score (nSPS) is 10.8. The van der Waals surface area contributed by atoms with Gasteiger partial charge in [-0.3, -0.25) is 9.78 Å². The van der Waals surface area contributed by atoms with Gasteiger partial charge in [0.05, 0.1) is 10.0 Å². The zero-order valence-electron chi connectivity index (χ0n) is 16.3. The van der Waals surface area contributed by atoms with Crippen molar-refractivity contribution in [1.82, 2.24) is 20.0 Å². The molecule has 0 fully saturated rings. The van der Waals surface area contributed by atoms with E-state index in [1.165, 1.54) is 17.0 Å². The van der Waals surface area contributed by atoms with Gasteiger partial charge < -0.3 is 14.5 Å². The summed E-state index contributed by atoms with van der Waals surface area (Å²) in [6.07, 6.45) is 3.47. The van der Waals surface area contributed by atoms with Gasteiger partial charge in [0.25, 0.3) is 0 Å². The Balaban J connectivity index is 1.51. The van der Waals surface area contributed by atoms with Crippen molar-refractivity contribution in [2.24, 2.45) is 0 Å². The van der Waals surface area contributed by atoms with Crippen LogP contribution in [0.2, 0.25) is 10.0 Å². The minimum Gasteiger partial charge on any atom is -0.505 e. The molecule has 1 amide bonds. The van der Waals surface area contributed by atoms with Crippen LogP contribution in [0, 0.1) is 0 Å². The lowest BCUT2D eigenvalue weighted by Crippen LogP contribution is -2.26. The molecule has 0 aliphatic carbocycles. The molecule has 2 heterocycles. The van der Waals surface area contributed by atoms with Gasteiger partial charge in [0, 0.05) is 31.5 Å². The van der Waals surface area contributed by atoms with Crippen LogP contribution >= 0.6 is 23.2 Å². The fourth-order valence-electron chi connectivity index (χ4n) is 3.02. The Morgan fingerprint density at radius 3 is 2.45 bits per heavy atom. The number of hydrogen-bond acceptors (Lipinski definition) is 6. The van der Waals surface area contributed by atoms with E-state index in [1.54, 1.807) is 19.4 Å². The van der Waals surface area contributed by atoms with E-state index in [2.05, 4.69) is 15.1 Å². The number of benzene rings is 2. The van der Waals surface area contributed by atoms with E-state index in [0.29, 0.717) is 12.1 Å². The summed E-state index contributed by atoms with van der Waals surface area (Å²) in [5.41, 5.74) is 3.44.